The second kappa shape index (κ2) is 12.1. The lowest BCUT2D eigenvalue weighted by molar-refractivity contribution is -0.153. The SMILES string of the molecule is O=C(O)[C@@H]1CN(C(=O)N2c3ccccc3Sc3ccccc32)CCN1C(=O)C(c1ccccc1)c1ccccc1.S. The van der Waals surface area contributed by atoms with Crippen LogP contribution in [-0.2, 0) is 9.59 Å². The van der Waals surface area contributed by atoms with Crippen molar-refractivity contribution in [1.29, 1.82) is 0 Å². The summed E-state index contributed by atoms with van der Waals surface area (Å²) in [6, 6.07) is 32.7. The molecule has 2 aliphatic heterocycles. The van der Waals surface area contributed by atoms with E-state index in [-0.39, 0.29) is 45.1 Å². The highest BCUT2D eigenvalue weighted by molar-refractivity contribution is 7.99. The molecule has 1 N–H and O–H groups in total. The van der Waals surface area contributed by atoms with E-state index in [9.17, 15) is 19.5 Å². The molecule has 0 saturated carbocycles. The molecule has 0 unspecified atom stereocenters. The number of urea groups is 1. The molecule has 4 aromatic rings. The Morgan fingerprint density at radius 2 is 1.20 bits per heavy atom. The maximum absolute atomic E-state index is 14.1. The van der Waals surface area contributed by atoms with Gasteiger partial charge >= 0.3 is 12.0 Å². The third-order valence-electron chi connectivity index (χ3n) is 7.36. The van der Waals surface area contributed by atoms with Gasteiger partial charge < -0.3 is 14.9 Å². The molecule has 1 saturated heterocycles. The number of hydrogen-bond donors (Lipinski definition) is 1. The van der Waals surface area contributed by atoms with Crippen molar-refractivity contribution in [2.75, 3.05) is 24.5 Å². The van der Waals surface area contributed by atoms with Crippen LogP contribution in [0.2, 0.25) is 0 Å². The first kappa shape index (κ1) is 28.3. The Balaban J connectivity index is 0.00000337. The lowest BCUT2D eigenvalue weighted by Crippen LogP contribution is -2.61. The second-order valence-electron chi connectivity index (χ2n) is 9.74. The van der Waals surface area contributed by atoms with Crippen LogP contribution in [-0.4, -0.2) is 58.5 Å². The van der Waals surface area contributed by atoms with E-state index < -0.39 is 17.9 Å². The van der Waals surface area contributed by atoms with Crippen LogP contribution in [0.25, 0.3) is 0 Å². The van der Waals surface area contributed by atoms with Crippen LogP contribution in [0, 0.1) is 0 Å². The van der Waals surface area contributed by atoms with Crippen molar-refractivity contribution in [3.63, 3.8) is 0 Å². The van der Waals surface area contributed by atoms with Gasteiger partial charge in [-0.2, -0.15) is 13.5 Å². The van der Waals surface area contributed by atoms with Crippen molar-refractivity contribution in [2.45, 2.75) is 21.8 Å². The predicted octanol–water partition coefficient (Wildman–Crippen LogP) is 5.95. The number of para-hydroxylation sites is 2. The fraction of sp³-hybridized carbons (Fsp3) is 0.156. The van der Waals surface area contributed by atoms with Crippen LogP contribution >= 0.6 is 25.3 Å². The molecule has 6 rings (SSSR count). The van der Waals surface area contributed by atoms with Crippen molar-refractivity contribution in [3.05, 3.63) is 120 Å². The number of amides is 3. The molecule has 2 heterocycles. The monoisotopic (exact) mass is 583 g/mol. The Morgan fingerprint density at radius 3 is 1.71 bits per heavy atom. The highest BCUT2D eigenvalue weighted by atomic mass is 32.2. The summed E-state index contributed by atoms with van der Waals surface area (Å²) in [5, 5.41) is 10.3. The molecule has 4 aromatic carbocycles. The Labute approximate surface area is 249 Å². The van der Waals surface area contributed by atoms with E-state index in [0.717, 1.165) is 32.3 Å². The van der Waals surface area contributed by atoms with Crippen LogP contribution in [0.5, 0.6) is 0 Å². The number of carbonyl (C=O) groups excluding carboxylic acids is 2. The highest BCUT2D eigenvalue weighted by Gasteiger charge is 2.42. The molecule has 0 radical (unpaired) electrons. The van der Waals surface area contributed by atoms with Crippen molar-refractivity contribution >= 4 is 54.5 Å². The van der Waals surface area contributed by atoms with E-state index >= 15 is 0 Å². The summed E-state index contributed by atoms with van der Waals surface area (Å²) < 4.78 is 0. The van der Waals surface area contributed by atoms with E-state index in [1.54, 1.807) is 21.6 Å². The van der Waals surface area contributed by atoms with Gasteiger partial charge in [-0.05, 0) is 35.4 Å². The zero-order chi connectivity index (χ0) is 27.6. The number of carboxylic acid groups (broad SMARTS) is 1. The van der Waals surface area contributed by atoms with Gasteiger partial charge in [0.1, 0.15) is 6.04 Å². The number of hydrogen-bond acceptors (Lipinski definition) is 4. The molecule has 0 spiro atoms. The summed E-state index contributed by atoms with van der Waals surface area (Å²) in [4.78, 5) is 47.2. The fourth-order valence-electron chi connectivity index (χ4n) is 5.42. The number of benzene rings is 4. The first-order valence-corrected chi connectivity index (χ1v) is 13.9. The molecule has 9 heteroatoms. The number of aliphatic carboxylic acids is 1. The van der Waals surface area contributed by atoms with Crippen molar-refractivity contribution < 1.29 is 19.5 Å². The van der Waals surface area contributed by atoms with E-state index in [1.807, 2.05) is 109 Å². The number of carbonyl (C=O) groups is 3. The van der Waals surface area contributed by atoms with Gasteiger partial charge in [0.05, 0.1) is 23.8 Å². The maximum Gasteiger partial charge on any atom is 0.329 e. The molecule has 7 nitrogen and oxygen atoms in total. The van der Waals surface area contributed by atoms with Gasteiger partial charge in [0, 0.05) is 22.9 Å². The normalized spacial score (nSPS) is 15.9. The first-order chi connectivity index (χ1) is 19.5. The molecule has 1 fully saturated rings. The van der Waals surface area contributed by atoms with Gasteiger partial charge in [-0.3, -0.25) is 9.69 Å². The summed E-state index contributed by atoms with van der Waals surface area (Å²) in [7, 11) is 0. The third kappa shape index (κ3) is 5.42. The summed E-state index contributed by atoms with van der Waals surface area (Å²) in [6.07, 6.45) is 0. The van der Waals surface area contributed by atoms with E-state index in [4.69, 9.17) is 0 Å². The minimum atomic E-state index is -1.18. The predicted molar refractivity (Wildman–Crippen MR) is 164 cm³/mol. The minimum absolute atomic E-state index is 0. The Morgan fingerprint density at radius 1 is 0.707 bits per heavy atom. The number of piperazine rings is 1. The maximum atomic E-state index is 14.1. The topological polar surface area (TPSA) is 81.2 Å². The minimum Gasteiger partial charge on any atom is -0.480 e. The van der Waals surface area contributed by atoms with Crippen LogP contribution in [0.15, 0.2) is 119 Å². The smallest absolute Gasteiger partial charge is 0.329 e. The molecule has 0 aliphatic carbocycles. The van der Waals surface area contributed by atoms with Gasteiger partial charge in [0.2, 0.25) is 5.91 Å². The first-order valence-electron chi connectivity index (χ1n) is 13.1. The molecular formula is C32H29N3O4S2. The number of fused-ring (bicyclic) bond motifs is 2. The molecule has 3 amide bonds. The Bertz CT molecular complexity index is 1480. The number of nitrogens with zero attached hydrogens (tertiary/aromatic N) is 3. The lowest BCUT2D eigenvalue weighted by atomic mass is 9.89. The number of anilines is 2. The summed E-state index contributed by atoms with van der Waals surface area (Å²) >= 11 is 1.60. The molecular weight excluding hydrogens is 555 g/mol. The summed E-state index contributed by atoms with van der Waals surface area (Å²) in [5.41, 5.74) is 3.10. The van der Waals surface area contributed by atoms with Gasteiger partial charge in [0.15, 0.2) is 0 Å². The molecule has 0 bridgehead atoms. The van der Waals surface area contributed by atoms with E-state index in [2.05, 4.69) is 0 Å². The van der Waals surface area contributed by atoms with E-state index in [0.29, 0.717) is 0 Å². The Hall–Kier alpha value is -4.21. The second-order valence-corrected chi connectivity index (χ2v) is 10.8. The zero-order valence-electron chi connectivity index (χ0n) is 22.1. The van der Waals surface area contributed by atoms with Crippen LogP contribution < -0.4 is 4.90 Å². The summed E-state index contributed by atoms with van der Waals surface area (Å²) in [6.45, 7) is 0.229. The molecule has 208 valence electrons. The quantitative estimate of drug-likeness (QED) is 0.321. The largest absolute Gasteiger partial charge is 0.480 e. The van der Waals surface area contributed by atoms with Gasteiger partial charge in [-0.15, -0.1) is 0 Å². The van der Waals surface area contributed by atoms with Crippen molar-refractivity contribution in [3.8, 4) is 0 Å². The van der Waals surface area contributed by atoms with Gasteiger partial charge in [0.25, 0.3) is 0 Å². The molecule has 0 aromatic heterocycles. The van der Waals surface area contributed by atoms with Crippen molar-refractivity contribution in [2.24, 2.45) is 0 Å². The lowest BCUT2D eigenvalue weighted by Gasteiger charge is -2.43. The Kier molecular flexibility index (Phi) is 8.37. The van der Waals surface area contributed by atoms with Crippen LogP contribution in [0.1, 0.15) is 17.0 Å². The molecule has 2 aliphatic rings. The summed E-state index contributed by atoms with van der Waals surface area (Å²) in [5.74, 6) is -2.08. The molecule has 41 heavy (non-hydrogen) atoms. The number of carboxylic acids is 1. The van der Waals surface area contributed by atoms with Gasteiger partial charge in [-0.1, -0.05) is 96.7 Å². The fourth-order valence-corrected chi connectivity index (χ4v) is 6.48. The third-order valence-corrected chi connectivity index (χ3v) is 8.49. The highest BCUT2D eigenvalue weighted by Crippen LogP contribution is 2.48. The van der Waals surface area contributed by atoms with Crippen molar-refractivity contribution in [1.82, 2.24) is 9.80 Å². The average Bonchev–Trinajstić information content (AvgIpc) is 3.00. The van der Waals surface area contributed by atoms with Crippen LogP contribution in [0.4, 0.5) is 16.2 Å². The number of rotatable bonds is 4. The van der Waals surface area contributed by atoms with E-state index in [1.165, 1.54) is 4.90 Å². The van der Waals surface area contributed by atoms with Crippen LogP contribution in [0.3, 0.4) is 0 Å². The zero-order valence-corrected chi connectivity index (χ0v) is 23.9. The average molecular weight is 584 g/mol. The standard InChI is InChI=1S/C32H27N3O4S.H2S/c36-30(29(22-11-3-1-4-12-22)23-13-5-2-6-14-23)34-20-19-33(21-26(34)31(37)38)32(39)35-24-15-7-9-17-27(24)40-28-18-10-8-16-25(28)35;/h1-18,26,29H,19-21H2,(H,37,38);1H2/t26-;/m0./s1. The van der Waals surface area contributed by atoms with Gasteiger partial charge in [-0.25, -0.2) is 9.59 Å². The molecule has 1 atom stereocenters.